The Morgan fingerprint density at radius 3 is 2.18 bits per heavy atom. The van der Waals surface area contributed by atoms with Gasteiger partial charge in [0, 0.05) is 11.8 Å². The van der Waals surface area contributed by atoms with Gasteiger partial charge in [0.1, 0.15) is 6.10 Å². The second-order valence-electron chi connectivity index (χ2n) is 19.1. The molecule has 49 heavy (non-hydrogen) atoms. The molecular formula is C47H78O2. The van der Waals surface area contributed by atoms with Crippen molar-refractivity contribution in [3.05, 3.63) is 36.5 Å². The van der Waals surface area contributed by atoms with E-state index in [0.29, 0.717) is 28.6 Å². The number of allylic oxidation sites excluding steroid dienone is 5. The number of hydrogen-bond acceptors (Lipinski definition) is 2. The molecule has 0 aromatic rings. The maximum Gasteiger partial charge on any atom is 0.306 e. The van der Waals surface area contributed by atoms with Crippen LogP contribution in [0.2, 0.25) is 0 Å². The molecule has 0 amide bonds. The summed E-state index contributed by atoms with van der Waals surface area (Å²) in [6.07, 6.45) is 39.9. The van der Waals surface area contributed by atoms with E-state index in [0.717, 1.165) is 49.4 Å². The summed E-state index contributed by atoms with van der Waals surface area (Å²) in [5.41, 5.74) is 3.25. The minimum absolute atomic E-state index is 0.0707. The summed E-state index contributed by atoms with van der Waals surface area (Å²) in [7, 11) is 0. The molecule has 0 unspecified atom stereocenters. The highest BCUT2D eigenvalue weighted by molar-refractivity contribution is 5.69. The molecule has 0 radical (unpaired) electrons. The highest BCUT2D eigenvalue weighted by Gasteiger charge is 2.80. The molecule has 8 atom stereocenters. The molecule has 0 heterocycles. The highest BCUT2D eigenvalue weighted by atomic mass is 16.5. The van der Waals surface area contributed by atoms with Crippen molar-refractivity contribution >= 4 is 5.97 Å². The third kappa shape index (κ3) is 8.35. The van der Waals surface area contributed by atoms with Gasteiger partial charge in [-0.3, -0.25) is 4.79 Å². The van der Waals surface area contributed by atoms with Crippen LogP contribution in [-0.2, 0) is 9.53 Å². The Morgan fingerprint density at radius 2 is 1.45 bits per heavy atom. The summed E-state index contributed by atoms with van der Waals surface area (Å²) in [5, 5.41) is 0. The van der Waals surface area contributed by atoms with Gasteiger partial charge in [0.05, 0.1) is 0 Å². The molecule has 5 aliphatic carbocycles. The lowest BCUT2D eigenvalue weighted by Crippen LogP contribution is -2.55. The van der Waals surface area contributed by atoms with Crippen LogP contribution in [-0.4, -0.2) is 12.1 Å². The number of fused-ring (bicyclic) bond motifs is 2. The lowest BCUT2D eigenvalue weighted by Gasteiger charge is -2.59. The van der Waals surface area contributed by atoms with Crippen LogP contribution in [0.25, 0.3) is 0 Å². The van der Waals surface area contributed by atoms with Crippen molar-refractivity contribution in [3.63, 3.8) is 0 Å². The van der Waals surface area contributed by atoms with Crippen molar-refractivity contribution in [2.45, 2.75) is 202 Å². The molecule has 2 nitrogen and oxygen atoms in total. The van der Waals surface area contributed by atoms with Crippen LogP contribution >= 0.6 is 0 Å². The SMILES string of the molecule is C=C(CCC[C@H]1CC[C@@H]2[C@@H]3CC[C@H]4C(C)(C)[C@@H](OC(=O)CCCCCCC/C=C/C/C=C\CCCCC)CC[C@@]45C[C@@]35CC[C@]12C)C(C)C. The molecule has 0 aromatic heterocycles. The molecule has 0 N–H and O–H groups in total. The predicted molar refractivity (Wildman–Crippen MR) is 209 cm³/mol. The lowest BCUT2D eigenvalue weighted by molar-refractivity contribution is -0.175. The molecule has 278 valence electrons. The van der Waals surface area contributed by atoms with Crippen LogP contribution in [0.1, 0.15) is 196 Å². The Kier molecular flexibility index (Phi) is 13.5. The van der Waals surface area contributed by atoms with Crippen molar-refractivity contribution in [2.24, 2.45) is 51.2 Å². The largest absolute Gasteiger partial charge is 0.462 e. The average Bonchev–Trinajstić information content (AvgIpc) is 3.62. The van der Waals surface area contributed by atoms with Crippen molar-refractivity contribution in [1.29, 1.82) is 0 Å². The van der Waals surface area contributed by atoms with Gasteiger partial charge >= 0.3 is 5.97 Å². The fraction of sp³-hybridized carbons (Fsp3) is 0.851. The molecule has 5 rings (SSSR count). The van der Waals surface area contributed by atoms with Crippen LogP contribution in [0.5, 0.6) is 0 Å². The first-order valence-electron chi connectivity index (χ1n) is 21.7. The Hall–Kier alpha value is -1.31. The minimum atomic E-state index is 0.0707. The fourth-order valence-corrected chi connectivity index (χ4v) is 12.8. The fourth-order valence-electron chi connectivity index (χ4n) is 12.8. The van der Waals surface area contributed by atoms with E-state index < -0.39 is 0 Å². The first kappa shape index (κ1) is 38.9. The first-order valence-corrected chi connectivity index (χ1v) is 21.7. The monoisotopic (exact) mass is 675 g/mol. The van der Waals surface area contributed by atoms with Gasteiger partial charge in [-0.15, -0.1) is 0 Å². The zero-order valence-corrected chi connectivity index (χ0v) is 33.3. The molecule has 0 bridgehead atoms. The first-order chi connectivity index (χ1) is 23.5. The minimum Gasteiger partial charge on any atom is -0.462 e. The number of carbonyl (C=O) groups is 1. The van der Waals surface area contributed by atoms with Gasteiger partial charge in [-0.05, 0) is 161 Å². The molecule has 0 aliphatic heterocycles. The van der Waals surface area contributed by atoms with E-state index in [1.807, 2.05) is 0 Å². The topological polar surface area (TPSA) is 26.3 Å². The van der Waals surface area contributed by atoms with E-state index in [9.17, 15) is 4.79 Å². The van der Waals surface area contributed by atoms with E-state index >= 15 is 0 Å². The van der Waals surface area contributed by atoms with Gasteiger partial charge in [-0.25, -0.2) is 0 Å². The van der Waals surface area contributed by atoms with Crippen molar-refractivity contribution in [2.75, 3.05) is 0 Å². The van der Waals surface area contributed by atoms with Crippen LogP contribution in [0.15, 0.2) is 36.5 Å². The Balaban J connectivity index is 1.01. The molecule has 5 aliphatic rings. The molecule has 0 saturated heterocycles. The van der Waals surface area contributed by atoms with Crippen LogP contribution in [0.3, 0.4) is 0 Å². The van der Waals surface area contributed by atoms with Crippen LogP contribution in [0, 0.1) is 51.2 Å². The predicted octanol–water partition coefficient (Wildman–Crippen LogP) is 14.1. The average molecular weight is 675 g/mol. The summed E-state index contributed by atoms with van der Waals surface area (Å²) >= 11 is 0. The normalized spacial score (nSPS) is 36.0. The number of hydrogen-bond donors (Lipinski definition) is 0. The van der Waals surface area contributed by atoms with Gasteiger partial charge in [-0.2, -0.15) is 0 Å². The zero-order chi connectivity index (χ0) is 35.1. The summed E-state index contributed by atoms with van der Waals surface area (Å²) in [5.74, 6) is 4.24. The summed E-state index contributed by atoms with van der Waals surface area (Å²) in [6, 6.07) is 0. The summed E-state index contributed by atoms with van der Waals surface area (Å²) in [6.45, 7) is 18.9. The van der Waals surface area contributed by atoms with E-state index in [-0.39, 0.29) is 17.5 Å². The number of ether oxygens (including phenoxy) is 1. The summed E-state index contributed by atoms with van der Waals surface area (Å²) in [4.78, 5) is 13.1. The third-order valence-corrected chi connectivity index (χ3v) is 15.9. The number of rotatable bonds is 20. The number of carbonyl (C=O) groups excluding carboxylic acids is 1. The molecule has 5 fully saturated rings. The third-order valence-electron chi connectivity index (χ3n) is 15.9. The standard InChI is InChI=1S/C47H78O2/c1-8-9-10-11-12-13-14-15-16-17-18-19-20-21-22-26-43(48)49-42-31-32-47-35-46(47)34-33-45(7)38(25-23-24-37(4)36(2)3)27-28-39(45)40(46)29-30-41(47)44(42,5)6/h12-13,15-16,36,38-42H,4,8-11,14,17-35H2,1-3,5-7H3/b13-12-,16-15+/t38-,39+,40-,41-,42-,45+,46-,47+/m0/s1. The molecule has 2 spiro atoms. The molecule has 0 aromatic carbocycles. The van der Waals surface area contributed by atoms with Crippen molar-refractivity contribution in [1.82, 2.24) is 0 Å². The van der Waals surface area contributed by atoms with E-state index in [1.165, 1.54) is 128 Å². The van der Waals surface area contributed by atoms with Crippen LogP contribution in [0.4, 0.5) is 0 Å². The Morgan fingerprint density at radius 1 is 0.755 bits per heavy atom. The molecule has 2 heteroatoms. The zero-order valence-electron chi connectivity index (χ0n) is 33.3. The van der Waals surface area contributed by atoms with Gasteiger partial charge in [-0.1, -0.05) is 110 Å². The van der Waals surface area contributed by atoms with E-state index in [2.05, 4.69) is 72.4 Å². The van der Waals surface area contributed by atoms with Gasteiger partial charge in [0.2, 0.25) is 0 Å². The van der Waals surface area contributed by atoms with E-state index in [4.69, 9.17) is 4.74 Å². The second kappa shape index (κ2) is 17.0. The smallest absolute Gasteiger partial charge is 0.306 e. The van der Waals surface area contributed by atoms with Gasteiger partial charge in [0.15, 0.2) is 0 Å². The lowest BCUT2D eigenvalue weighted by atomic mass is 9.46. The van der Waals surface area contributed by atoms with Gasteiger partial charge < -0.3 is 4.74 Å². The number of unbranched alkanes of at least 4 members (excludes halogenated alkanes) is 8. The Bertz CT molecular complexity index is 1140. The van der Waals surface area contributed by atoms with Crippen molar-refractivity contribution < 1.29 is 9.53 Å². The quantitative estimate of drug-likeness (QED) is 0.0730. The molecule has 5 saturated carbocycles. The molecular weight excluding hydrogens is 597 g/mol. The maximum absolute atomic E-state index is 13.1. The maximum atomic E-state index is 13.1. The van der Waals surface area contributed by atoms with Crippen LogP contribution < -0.4 is 0 Å². The van der Waals surface area contributed by atoms with Crippen molar-refractivity contribution in [3.8, 4) is 0 Å². The summed E-state index contributed by atoms with van der Waals surface area (Å²) < 4.78 is 6.38. The van der Waals surface area contributed by atoms with Gasteiger partial charge in [0.25, 0.3) is 0 Å². The van der Waals surface area contributed by atoms with E-state index in [1.54, 1.807) is 0 Å². The highest BCUT2D eigenvalue weighted by Crippen LogP contribution is 2.87. The number of esters is 1. The second-order valence-corrected chi connectivity index (χ2v) is 19.1. The Labute approximate surface area is 304 Å².